The van der Waals surface area contributed by atoms with Crippen molar-refractivity contribution in [3.05, 3.63) is 0 Å². The first-order valence-corrected chi connectivity index (χ1v) is 4.57. The van der Waals surface area contributed by atoms with Crippen LogP contribution in [0.4, 0.5) is 0 Å². The number of carbonyl (C=O) groups excluding carboxylic acids is 1. The number of hydrazine groups is 1. The van der Waals surface area contributed by atoms with Crippen LogP contribution in [-0.4, -0.2) is 30.2 Å². The summed E-state index contributed by atoms with van der Waals surface area (Å²) in [7, 11) is 0. The molecule has 0 bridgehead atoms. The van der Waals surface area contributed by atoms with Gasteiger partial charge in [0.05, 0.1) is 6.67 Å². The van der Waals surface area contributed by atoms with Gasteiger partial charge in [0, 0.05) is 19.0 Å². The average molecular weight is 188 g/mol. The van der Waals surface area contributed by atoms with Gasteiger partial charge >= 0.3 is 0 Å². The van der Waals surface area contributed by atoms with Crippen molar-refractivity contribution in [1.29, 1.82) is 0 Å². The van der Waals surface area contributed by atoms with E-state index in [0.29, 0.717) is 13.1 Å². The molecule has 5 nitrogen and oxygen atoms in total. The van der Waals surface area contributed by atoms with E-state index < -0.39 is 0 Å². The summed E-state index contributed by atoms with van der Waals surface area (Å²) in [5.41, 5.74) is 5.02. The van der Waals surface area contributed by atoms with Crippen LogP contribution < -0.4 is 16.9 Å². The number of nitrogens with one attached hydrogen (secondary N) is 1. The number of amides is 1. The third-order valence-corrected chi connectivity index (χ3v) is 1.87. The molecule has 5 heteroatoms. The fraction of sp³-hybridized carbons (Fsp3) is 0.875. The van der Waals surface area contributed by atoms with Crippen LogP contribution in [0.25, 0.3) is 0 Å². The van der Waals surface area contributed by atoms with E-state index >= 15 is 0 Å². The highest BCUT2D eigenvalue weighted by molar-refractivity contribution is 5.73. The summed E-state index contributed by atoms with van der Waals surface area (Å²) in [4.78, 5) is 10.5. The predicted molar refractivity (Wildman–Crippen MR) is 52.5 cm³/mol. The first kappa shape index (κ1) is 12.3. The van der Waals surface area contributed by atoms with Gasteiger partial charge in [-0.15, -0.1) is 0 Å². The number of hydrogen-bond acceptors (Lipinski definition) is 4. The van der Waals surface area contributed by atoms with E-state index in [1.54, 1.807) is 5.01 Å². The monoisotopic (exact) mass is 188 g/mol. The summed E-state index contributed by atoms with van der Waals surface area (Å²) < 4.78 is 0. The highest BCUT2D eigenvalue weighted by atomic mass is 16.1. The number of primary amides is 1. The van der Waals surface area contributed by atoms with Gasteiger partial charge in [0.2, 0.25) is 5.91 Å². The maximum Gasteiger partial charge on any atom is 0.217 e. The van der Waals surface area contributed by atoms with Gasteiger partial charge in [-0.25, -0.2) is 5.01 Å². The molecule has 1 amide bonds. The Hall–Kier alpha value is -0.650. The van der Waals surface area contributed by atoms with Crippen LogP contribution in [0, 0.1) is 0 Å². The molecule has 0 saturated heterocycles. The Kier molecular flexibility index (Phi) is 6.48. The van der Waals surface area contributed by atoms with Crippen LogP contribution in [-0.2, 0) is 4.79 Å². The van der Waals surface area contributed by atoms with E-state index in [2.05, 4.69) is 5.32 Å². The quantitative estimate of drug-likeness (QED) is 0.282. The maximum absolute atomic E-state index is 10.5. The Morgan fingerprint density at radius 3 is 2.69 bits per heavy atom. The normalized spacial score (nSPS) is 13.2. The lowest BCUT2D eigenvalue weighted by molar-refractivity contribution is -0.118. The molecule has 13 heavy (non-hydrogen) atoms. The van der Waals surface area contributed by atoms with Crippen LogP contribution in [0.1, 0.15) is 26.7 Å². The molecular weight excluding hydrogens is 168 g/mol. The van der Waals surface area contributed by atoms with E-state index in [1.165, 1.54) is 0 Å². The van der Waals surface area contributed by atoms with Crippen LogP contribution in [0.5, 0.6) is 0 Å². The zero-order valence-corrected chi connectivity index (χ0v) is 8.42. The second-order valence-electron chi connectivity index (χ2n) is 3.17. The highest BCUT2D eigenvalue weighted by Crippen LogP contribution is 1.94. The van der Waals surface area contributed by atoms with E-state index in [-0.39, 0.29) is 11.9 Å². The second-order valence-corrected chi connectivity index (χ2v) is 3.17. The molecule has 0 aromatic heterocycles. The lowest BCUT2D eigenvalue weighted by atomic mass is 10.2. The largest absolute Gasteiger partial charge is 0.370 e. The Bertz CT molecular complexity index is 151. The van der Waals surface area contributed by atoms with Gasteiger partial charge in [0.15, 0.2) is 0 Å². The smallest absolute Gasteiger partial charge is 0.217 e. The molecule has 5 N–H and O–H groups in total. The van der Waals surface area contributed by atoms with Crippen molar-refractivity contribution in [1.82, 2.24) is 10.3 Å². The molecule has 0 aliphatic carbocycles. The SMILES string of the molecule is CCN(N)CNC(C)CCC(N)=O. The van der Waals surface area contributed by atoms with Crippen LogP contribution in [0.3, 0.4) is 0 Å². The predicted octanol–water partition coefficient (Wildman–Crippen LogP) is -0.617. The summed E-state index contributed by atoms with van der Waals surface area (Å²) >= 11 is 0. The molecule has 0 aromatic rings. The minimum absolute atomic E-state index is 0.256. The molecule has 0 rings (SSSR count). The summed E-state index contributed by atoms with van der Waals surface area (Å²) in [5.74, 6) is 5.30. The molecule has 0 fully saturated rings. The van der Waals surface area contributed by atoms with Crippen molar-refractivity contribution in [2.24, 2.45) is 11.6 Å². The van der Waals surface area contributed by atoms with Crippen molar-refractivity contribution in [2.45, 2.75) is 32.7 Å². The molecule has 1 atom stereocenters. The molecule has 0 saturated carbocycles. The average Bonchev–Trinajstić information content (AvgIpc) is 2.10. The van der Waals surface area contributed by atoms with Gasteiger partial charge < -0.3 is 11.1 Å². The van der Waals surface area contributed by atoms with Gasteiger partial charge in [-0.3, -0.25) is 10.6 Å². The lowest BCUT2D eigenvalue weighted by Crippen LogP contribution is -2.42. The van der Waals surface area contributed by atoms with Gasteiger partial charge in [-0.2, -0.15) is 0 Å². The van der Waals surface area contributed by atoms with Crippen LogP contribution in [0.2, 0.25) is 0 Å². The third kappa shape index (κ3) is 7.70. The van der Waals surface area contributed by atoms with E-state index in [4.69, 9.17) is 11.6 Å². The molecular formula is C8H20N4O. The topological polar surface area (TPSA) is 84.4 Å². The fourth-order valence-electron chi connectivity index (χ4n) is 0.846. The Labute approximate surface area is 79.4 Å². The van der Waals surface area contributed by atoms with Gasteiger partial charge in [0.25, 0.3) is 0 Å². The molecule has 0 radical (unpaired) electrons. The Morgan fingerprint density at radius 2 is 2.23 bits per heavy atom. The lowest BCUT2D eigenvalue weighted by Gasteiger charge is -2.18. The zero-order chi connectivity index (χ0) is 10.3. The number of hydrogen-bond donors (Lipinski definition) is 3. The second kappa shape index (κ2) is 6.82. The summed E-state index contributed by atoms with van der Waals surface area (Å²) in [5, 5.41) is 4.85. The van der Waals surface area contributed by atoms with Crippen molar-refractivity contribution < 1.29 is 4.79 Å². The van der Waals surface area contributed by atoms with Crippen molar-refractivity contribution in [3.8, 4) is 0 Å². The van der Waals surface area contributed by atoms with Gasteiger partial charge in [0.1, 0.15) is 0 Å². The Morgan fingerprint density at radius 1 is 1.62 bits per heavy atom. The third-order valence-electron chi connectivity index (χ3n) is 1.87. The van der Waals surface area contributed by atoms with Crippen molar-refractivity contribution >= 4 is 5.91 Å². The van der Waals surface area contributed by atoms with Gasteiger partial charge in [-0.1, -0.05) is 6.92 Å². The molecule has 0 aromatic carbocycles. The number of rotatable bonds is 7. The van der Waals surface area contributed by atoms with E-state index in [0.717, 1.165) is 13.0 Å². The van der Waals surface area contributed by atoms with Gasteiger partial charge in [-0.05, 0) is 13.3 Å². The summed E-state index contributed by atoms with van der Waals surface area (Å²) in [6, 6.07) is 0.269. The maximum atomic E-state index is 10.5. The number of nitrogens with two attached hydrogens (primary N) is 2. The highest BCUT2D eigenvalue weighted by Gasteiger charge is 2.04. The van der Waals surface area contributed by atoms with Crippen molar-refractivity contribution in [3.63, 3.8) is 0 Å². The standard InChI is InChI=1S/C8H20N4O/c1-3-12(10)6-11-7(2)4-5-8(9)13/h7,11H,3-6,10H2,1-2H3,(H2,9,13). The number of nitrogens with zero attached hydrogens (tertiary/aromatic N) is 1. The first-order valence-electron chi connectivity index (χ1n) is 4.57. The molecule has 0 aliphatic heterocycles. The number of carbonyl (C=O) groups is 1. The minimum Gasteiger partial charge on any atom is -0.370 e. The molecule has 0 aliphatic rings. The summed E-state index contributed by atoms with van der Waals surface area (Å²) in [6.45, 7) is 5.42. The summed E-state index contributed by atoms with van der Waals surface area (Å²) in [6.07, 6.45) is 1.18. The molecule has 0 heterocycles. The Balaban J connectivity index is 3.39. The van der Waals surface area contributed by atoms with Crippen LogP contribution in [0.15, 0.2) is 0 Å². The minimum atomic E-state index is -0.256. The van der Waals surface area contributed by atoms with Crippen molar-refractivity contribution in [2.75, 3.05) is 13.2 Å². The van der Waals surface area contributed by atoms with E-state index in [9.17, 15) is 4.79 Å². The zero-order valence-electron chi connectivity index (χ0n) is 8.42. The van der Waals surface area contributed by atoms with Crippen LogP contribution >= 0.6 is 0 Å². The fourth-order valence-corrected chi connectivity index (χ4v) is 0.846. The molecule has 0 spiro atoms. The van der Waals surface area contributed by atoms with E-state index in [1.807, 2.05) is 13.8 Å². The first-order chi connectivity index (χ1) is 6.06. The molecule has 1 unspecified atom stereocenters. The molecule has 78 valence electrons.